The van der Waals surface area contributed by atoms with Crippen LogP contribution in [0.2, 0.25) is 0 Å². The van der Waals surface area contributed by atoms with Crippen LogP contribution in [0.5, 0.6) is 0 Å². The molecule has 1 unspecified atom stereocenters. The van der Waals surface area contributed by atoms with Gasteiger partial charge < -0.3 is 9.30 Å². The molecule has 96 valence electrons. The highest BCUT2D eigenvalue weighted by atomic mass is 35.5. The summed E-state index contributed by atoms with van der Waals surface area (Å²) in [6.45, 7) is 3.55. The van der Waals surface area contributed by atoms with E-state index in [1.807, 2.05) is 25.3 Å². The molecular weight excluding hydrogens is 250 g/mol. The van der Waals surface area contributed by atoms with Crippen LogP contribution in [0.3, 0.4) is 0 Å². The molecule has 2 aromatic heterocycles. The van der Waals surface area contributed by atoms with Gasteiger partial charge in [0.15, 0.2) is 5.65 Å². The van der Waals surface area contributed by atoms with Crippen LogP contribution in [0.1, 0.15) is 37.0 Å². The number of aromatic nitrogens is 3. The first-order valence-corrected chi connectivity index (χ1v) is 6.75. The van der Waals surface area contributed by atoms with Crippen LogP contribution in [0.15, 0.2) is 18.3 Å². The molecule has 18 heavy (non-hydrogen) atoms. The molecule has 0 saturated carbocycles. The monoisotopic (exact) mass is 265 g/mol. The molecule has 0 bridgehead atoms. The fourth-order valence-corrected chi connectivity index (χ4v) is 2.69. The number of pyridine rings is 1. The van der Waals surface area contributed by atoms with Crippen LogP contribution in [0.4, 0.5) is 0 Å². The highest BCUT2D eigenvalue weighted by Gasteiger charge is 2.24. The normalized spacial score (nSPS) is 19.2. The van der Waals surface area contributed by atoms with Crippen LogP contribution in [0, 0.1) is 0 Å². The average molecular weight is 266 g/mol. The van der Waals surface area contributed by atoms with E-state index in [2.05, 4.69) is 14.5 Å². The molecule has 1 atom stereocenters. The molecule has 1 aliphatic rings. The first-order chi connectivity index (χ1) is 8.77. The SMILES string of the molecule is CC(Cl)c1nc2cccnc2n1C1CCOCC1. The summed E-state index contributed by atoms with van der Waals surface area (Å²) in [5.41, 5.74) is 1.86. The minimum absolute atomic E-state index is 0.109. The molecular formula is C13H16ClN3O. The van der Waals surface area contributed by atoms with Crippen molar-refractivity contribution < 1.29 is 4.74 Å². The van der Waals surface area contributed by atoms with Crippen LogP contribution in [-0.4, -0.2) is 27.7 Å². The minimum atomic E-state index is -0.109. The fraction of sp³-hybridized carbons (Fsp3) is 0.538. The Hall–Kier alpha value is -1.13. The topological polar surface area (TPSA) is 39.9 Å². The summed E-state index contributed by atoms with van der Waals surface area (Å²) in [4.78, 5) is 9.08. The number of rotatable bonds is 2. The highest BCUT2D eigenvalue weighted by Crippen LogP contribution is 2.31. The first kappa shape index (κ1) is 11.9. The van der Waals surface area contributed by atoms with Gasteiger partial charge in [-0.05, 0) is 31.9 Å². The van der Waals surface area contributed by atoms with E-state index in [9.17, 15) is 0 Å². The molecule has 1 aliphatic heterocycles. The Bertz CT molecular complexity index is 546. The van der Waals surface area contributed by atoms with Crippen LogP contribution >= 0.6 is 11.6 Å². The lowest BCUT2D eigenvalue weighted by Crippen LogP contribution is -2.21. The Balaban J connectivity index is 2.14. The molecule has 1 saturated heterocycles. The zero-order valence-electron chi connectivity index (χ0n) is 10.3. The number of hydrogen-bond acceptors (Lipinski definition) is 3. The molecule has 1 fully saturated rings. The van der Waals surface area contributed by atoms with Gasteiger partial charge in [0, 0.05) is 25.5 Å². The zero-order chi connectivity index (χ0) is 12.5. The molecule has 0 aromatic carbocycles. The van der Waals surface area contributed by atoms with E-state index in [1.54, 1.807) is 0 Å². The molecule has 3 rings (SSSR count). The summed E-state index contributed by atoms with van der Waals surface area (Å²) in [5, 5.41) is -0.109. The van der Waals surface area contributed by atoms with Gasteiger partial charge in [-0.1, -0.05) is 0 Å². The Kier molecular flexibility index (Phi) is 3.22. The number of fused-ring (bicyclic) bond motifs is 1. The second-order valence-electron chi connectivity index (χ2n) is 4.65. The molecule has 4 nitrogen and oxygen atoms in total. The molecule has 3 heterocycles. The smallest absolute Gasteiger partial charge is 0.160 e. The van der Waals surface area contributed by atoms with E-state index >= 15 is 0 Å². The van der Waals surface area contributed by atoms with E-state index in [0.717, 1.165) is 43.0 Å². The molecule has 0 spiro atoms. The summed E-state index contributed by atoms with van der Waals surface area (Å²) in [5.74, 6) is 0.914. The van der Waals surface area contributed by atoms with Crippen molar-refractivity contribution in [2.24, 2.45) is 0 Å². The molecule has 0 N–H and O–H groups in total. The van der Waals surface area contributed by atoms with E-state index < -0.39 is 0 Å². The third-order valence-electron chi connectivity index (χ3n) is 3.39. The Labute approximate surface area is 111 Å². The summed E-state index contributed by atoms with van der Waals surface area (Å²) < 4.78 is 7.63. The molecule has 0 aliphatic carbocycles. The molecule has 0 amide bonds. The third-order valence-corrected chi connectivity index (χ3v) is 3.58. The zero-order valence-corrected chi connectivity index (χ0v) is 11.1. The largest absolute Gasteiger partial charge is 0.381 e. The number of halogens is 1. The summed E-state index contributed by atoms with van der Waals surface area (Å²) in [7, 11) is 0. The third kappa shape index (κ3) is 1.99. The number of imidazole rings is 1. The first-order valence-electron chi connectivity index (χ1n) is 6.32. The van der Waals surface area contributed by atoms with Crippen LogP contribution in [0.25, 0.3) is 11.2 Å². The second kappa shape index (κ2) is 4.86. The summed E-state index contributed by atoms with van der Waals surface area (Å²) in [6.07, 6.45) is 3.81. The van der Waals surface area contributed by atoms with Gasteiger partial charge in [0.05, 0.1) is 5.38 Å². The van der Waals surface area contributed by atoms with Gasteiger partial charge in [0.1, 0.15) is 11.3 Å². The van der Waals surface area contributed by atoms with Gasteiger partial charge in [-0.25, -0.2) is 9.97 Å². The minimum Gasteiger partial charge on any atom is -0.381 e. The number of nitrogens with zero attached hydrogens (tertiary/aromatic N) is 3. The van der Waals surface area contributed by atoms with Crippen molar-refractivity contribution in [3.8, 4) is 0 Å². The quantitative estimate of drug-likeness (QED) is 0.784. The van der Waals surface area contributed by atoms with Crippen molar-refractivity contribution >= 4 is 22.8 Å². The van der Waals surface area contributed by atoms with Gasteiger partial charge in [-0.3, -0.25) is 0 Å². The maximum atomic E-state index is 6.26. The Morgan fingerprint density at radius 2 is 2.22 bits per heavy atom. The number of ether oxygens (including phenoxy) is 1. The van der Waals surface area contributed by atoms with Crippen molar-refractivity contribution in [1.82, 2.24) is 14.5 Å². The van der Waals surface area contributed by atoms with E-state index in [-0.39, 0.29) is 5.38 Å². The predicted molar refractivity (Wildman–Crippen MR) is 70.9 cm³/mol. The van der Waals surface area contributed by atoms with Gasteiger partial charge >= 0.3 is 0 Å². The van der Waals surface area contributed by atoms with Gasteiger partial charge in [-0.15, -0.1) is 11.6 Å². The van der Waals surface area contributed by atoms with Crippen molar-refractivity contribution in [3.05, 3.63) is 24.2 Å². The summed E-state index contributed by atoms with van der Waals surface area (Å²) in [6, 6.07) is 4.29. The van der Waals surface area contributed by atoms with Crippen molar-refractivity contribution in [2.75, 3.05) is 13.2 Å². The van der Waals surface area contributed by atoms with Gasteiger partial charge in [0.2, 0.25) is 0 Å². The maximum absolute atomic E-state index is 6.26. The maximum Gasteiger partial charge on any atom is 0.160 e. The standard InChI is InChI=1S/C13H16ClN3O/c1-9(14)12-16-11-3-2-6-15-13(11)17(12)10-4-7-18-8-5-10/h2-3,6,9-10H,4-5,7-8H2,1H3. The summed E-state index contributed by atoms with van der Waals surface area (Å²) >= 11 is 6.26. The van der Waals surface area contributed by atoms with Crippen LogP contribution < -0.4 is 0 Å². The van der Waals surface area contributed by atoms with E-state index in [0.29, 0.717) is 6.04 Å². The van der Waals surface area contributed by atoms with E-state index in [4.69, 9.17) is 16.3 Å². The predicted octanol–water partition coefficient (Wildman–Crippen LogP) is 3.08. The van der Waals surface area contributed by atoms with Gasteiger partial charge in [0.25, 0.3) is 0 Å². The lowest BCUT2D eigenvalue weighted by atomic mass is 10.1. The number of alkyl halides is 1. The second-order valence-corrected chi connectivity index (χ2v) is 5.30. The lowest BCUT2D eigenvalue weighted by molar-refractivity contribution is 0.0697. The highest BCUT2D eigenvalue weighted by molar-refractivity contribution is 6.20. The average Bonchev–Trinajstić information content (AvgIpc) is 2.79. The fourth-order valence-electron chi connectivity index (χ4n) is 2.53. The van der Waals surface area contributed by atoms with Crippen molar-refractivity contribution in [2.45, 2.75) is 31.2 Å². The van der Waals surface area contributed by atoms with Crippen molar-refractivity contribution in [1.29, 1.82) is 0 Å². The number of hydrogen-bond donors (Lipinski definition) is 0. The van der Waals surface area contributed by atoms with Crippen molar-refractivity contribution in [3.63, 3.8) is 0 Å². The van der Waals surface area contributed by atoms with Crippen LogP contribution in [-0.2, 0) is 4.74 Å². The molecule has 0 radical (unpaired) electrons. The van der Waals surface area contributed by atoms with Gasteiger partial charge in [-0.2, -0.15) is 0 Å². The Morgan fingerprint density at radius 1 is 1.44 bits per heavy atom. The molecule has 5 heteroatoms. The lowest BCUT2D eigenvalue weighted by Gasteiger charge is -2.25. The van der Waals surface area contributed by atoms with E-state index in [1.165, 1.54) is 0 Å². The molecule has 2 aromatic rings. The Morgan fingerprint density at radius 3 is 2.94 bits per heavy atom.